The zero-order chi connectivity index (χ0) is 27.1. The van der Waals surface area contributed by atoms with Gasteiger partial charge in [-0.2, -0.15) is 0 Å². The molecule has 0 saturated heterocycles. The van der Waals surface area contributed by atoms with Crippen molar-refractivity contribution >= 4 is 17.5 Å². The van der Waals surface area contributed by atoms with Crippen LogP contribution in [0.5, 0.6) is 0 Å². The first-order valence-electron chi connectivity index (χ1n) is 13.6. The van der Waals surface area contributed by atoms with Crippen molar-refractivity contribution in [3.05, 3.63) is 46.8 Å². The molecule has 1 aromatic carbocycles. The van der Waals surface area contributed by atoms with Gasteiger partial charge in [0.2, 0.25) is 5.91 Å². The molecule has 1 aromatic heterocycles. The van der Waals surface area contributed by atoms with E-state index in [0.717, 1.165) is 42.9 Å². The maximum absolute atomic E-state index is 13.9. The monoisotopic (exact) mass is 511 g/mol. The third kappa shape index (κ3) is 7.89. The normalized spacial score (nSPS) is 15.8. The van der Waals surface area contributed by atoms with Gasteiger partial charge < -0.3 is 24.1 Å². The van der Waals surface area contributed by atoms with E-state index in [9.17, 15) is 9.59 Å². The number of amides is 2. The van der Waals surface area contributed by atoms with E-state index in [1.54, 1.807) is 0 Å². The van der Waals surface area contributed by atoms with Gasteiger partial charge in [0.25, 0.3) is 5.91 Å². The molecule has 8 nitrogen and oxygen atoms in total. The van der Waals surface area contributed by atoms with Gasteiger partial charge in [-0.3, -0.25) is 9.59 Å². The quantitative estimate of drug-likeness (QED) is 0.548. The second-order valence-electron chi connectivity index (χ2n) is 11.4. The summed E-state index contributed by atoms with van der Waals surface area (Å²) in [6.07, 6.45) is 1.38. The van der Waals surface area contributed by atoms with Crippen molar-refractivity contribution in [3.63, 3.8) is 0 Å². The molecular formula is C29H45N5O3. The number of carbonyl (C=O) groups is 2. The molecule has 0 aliphatic carbocycles. The van der Waals surface area contributed by atoms with Crippen LogP contribution in [0.25, 0.3) is 0 Å². The minimum Gasteiger partial charge on any atom is -0.361 e. The summed E-state index contributed by atoms with van der Waals surface area (Å²) >= 11 is 0. The van der Waals surface area contributed by atoms with E-state index >= 15 is 0 Å². The van der Waals surface area contributed by atoms with Crippen LogP contribution in [0.3, 0.4) is 0 Å². The van der Waals surface area contributed by atoms with Crippen LogP contribution in [-0.4, -0.2) is 78.5 Å². The highest BCUT2D eigenvalue weighted by atomic mass is 16.5. The molecule has 37 heavy (non-hydrogen) atoms. The summed E-state index contributed by atoms with van der Waals surface area (Å²) in [4.78, 5) is 35.6. The molecule has 0 bridgehead atoms. The van der Waals surface area contributed by atoms with Gasteiger partial charge >= 0.3 is 0 Å². The van der Waals surface area contributed by atoms with Crippen LogP contribution in [0.2, 0.25) is 0 Å². The highest BCUT2D eigenvalue weighted by Gasteiger charge is 2.28. The van der Waals surface area contributed by atoms with Crippen molar-refractivity contribution in [1.82, 2.24) is 19.9 Å². The number of fused-ring (bicyclic) bond motifs is 1. The molecule has 204 valence electrons. The van der Waals surface area contributed by atoms with Crippen LogP contribution in [0.1, 0.15) is 67.9 Å². The van der Waals surface area contributed by atoms with Crippen molar-refractivity contribution in [1.29, 1.82) is 0 Å². The third-order valence-electron chi connectivity index (χ3n) is 6.64. The lowest BCUT2D eigenvalue weighted by Crippen LogP contribution is -2.40. The van der Waals surface area contributed by atoms with E-state index in [4.69, 9.17) is 4.52 Å². The average Bonchev–Trinajstić information content (AvgIpc) is 3.15. The average molecular weight is 512 g/mol. The smallest absolute Gasteiger partial charge is 0.276 e. The Kier molecular flexibility index (Phi) is 10.3. The Morgan fingerprint density at radius 3 is 2.43 bits per heavy atom. The number of para-hydroxylation sites is 1. The summed E-state index contributed by atoms with van der Waals surface area (Å²) < 4.78 is 5.47. The van der Waals surface area contributed by atoms with Crippen LogP contribution in [0.15, 0.2) is 28.8 Å². The molecular weight excluding hydrogens is 466 g/mol. The summed E-state index contributed by atoms with van der Waals surface area (Å²) in [5, 5.41) is 4.19. The number of aromatic nitrogens is 1. The lowest BCUT2D eigenvalue weighted by Gasteiger charge is -2.28. The van der Waals surface area contributed by atoms with Gasteiger partial charge in [-0.25, -0.2) is 0 Å². The molecule has 0 saturated carbocycles. The van der Waals surface area contributed by atoms with Gasteiger partial charge in [0.05, 0.1) is 0 Å². The second kappa shape index (κ2) is 13.2. The number of benzene rings is 1. The molecule has 2 amide bonds. The predicted octanol–water partition coefficient (Wildman–Crippen LogP) is 4.43. The van der Waals surface area contributed by atoms with Crippen LogP contribution in [-0.2, 0) is 17.9 Å². The molecule has 0 unspecified atom stereocenters. The molecule has 0 N–H and O–H groups in total. The Morgan fingerprint density at radius 2 is 1.76 bits per heavy atom. The predicted molar refractivity (Wildman–Crippen MR) is 148 cm³/mol. The zero-order valence-electron chi connectivity index (χ0n) is 23.8. The van der Waals surface area contributed by atoms with Gasteiger partial charge in [-0.05, 0) is 57.5 Å². The topological polar surface area (TPSA) is 73.1 Å². The molecule has 3 rings (SSSR count). The molecule has 0 atom stereocenters. The Hall–Kier alpha value is -2.71. The van der Waals surface area contributed by atoms with Gasteiger partial charge in [-0.1, -0.05) is 51.1 Å². The minimum absolute atomic E-state index is 0.132. The third-order valence-corrected chi connectivity index (χ3v) is 6.64. The van der Waals surface area contributed by atoms with Crippen LogP contribution < -0.4 is 4.90 Å². The van der Waals surface area contributed by atoms with Gasteiger partial charge in [-0.15, -0.1) is 0 Å². The van der Waals surface area contributed by atoms with Gasteiger partial charge in [0.1, 0.15) is 5.76 Å². The summed E-state index contributed by atoms with van der Waals surface area (Å²) in [7, 11) is 3.94. The number of hydrogen-bond acceptors (Lipinski definition) is 6. The first-order chi connectivity index (χ1) is 17.6. The fourth-order valence-electron chi connectivity index (χ4n) is 4.94. The summed E-state index contributed by atoms with van der Waals surface area (Å²) in [6.45, 7) is 15.3. The van der Waals surface area contributed by atoms with Gasteiger partial charge in [0, 0.05) is 56.9 Å². The first kappa shape index (κ1) is 28.9. The summed E-state index contributed by atoms with van der Waals surface area (Å²) in [5.41, 5.74) is 3.07. The van der Waals surface area contributed by atoms with Crippen LogP contribution in [0, 0.1) is 18.8 Å². The number of rotatable bonds is 7. The molecule has 1 aliphatic rings. The highest BCUT2D eigenvalue weighted by Crippen LogP contribution is 2.26. The second-order valence-corrected chi connectivity index (χ2v) is 11.4. The lowest BCUT2D eigenvalue weighted by atomic mass is 10.1. The molecule has 8 heteroatoms. The van der Waals surface area contributed by atoms with Crippen LogP contribution >= 0.6 is 0 Å². The Labute approximate surface area is 222 Å². The van der Waals surface area contributed by atoms with E-state index in [1.807, 2.05) is 60.0 Å². The lowest BCUT2D eigenvalue weighted by molar-refractivity contribution is -0.119. The van der Waals surface area contributed by atoms with E-state index in [1.165, 1.54) is 0 Å². The molecule has 0 spiro atoms. The van der Waals surface area contributed by atoms with E-state index in [-0.39, 0.29) is 17.7 Å². The van der Waals surface area contributed by atoms with Gasteiger partial charge in [0.15, 0.2) is 5.69 Å². The largest absolute Gasteiger partial charge is 0.361 e. The zero-order valence-corrected chi connectivity index (χ0v) is 23.8. The number of nitrogens with zero attached hydrogens (tertiary/aromatic N) is 5. The van der Waals surface area contributed by atoms with Crippen LogP contribution in [0.4, 0.5) is 5.69 Å². The van der Waals surface area contributed by atoms with Crippen molar-refractivity contribution in [2.24, 2.45) is 11.8 Å². The van der Waals surface area contributed by atoms with E-state index < -0.39 is 0 Å². The van der Waals surface area contributed by atoms with Crippen molar-refractivity contribution in [3.8, 4) is 0 Å². The Bertz CT molecular complexity index is 1050. The van der Waals surface area contributed by atoms with E-state index in [2.05, 4.69) is 37.8 Å². The maximum atomic E-state index is 13.9. The number of anilines is 1. The van der Waals surface area contributed by atoms with E-state index in [0.29, 0.717) is 50.0 Å². The summed E-state index contributed by atoms with van der Waals surface area (Å²) in [6, 6.07) is 8.00. The minimum atomic E-state index is -0.132. The number of carbonyl (C=O) groups excluding carboxylic acids is 2. The Balaban J connectivity index is 2.01. The fraction of sp³-hybridized carbons (Fsp3) is 0.621. The molecule has 1 aliphatic heterocycles. The molecule has 0 fully saturated rings. The molecule has 0 radical (unpaired) electrons. The van der Waals surface area contributed by atoms with Crippen molar-refractivity contribution < 1.29 is 14.1 Å². The van der Waals surface area contributed by atoms with Crippen molar-refractivity contribution in [2.75, 3.05) is 51.7 Å². The highest BCUT2D eigenvalue weighted by molar-refractivity contribution is 5.95. The SMILES string of the molecule is Cc1onc(C(=O)N2CCN(CC(C)C)CCCN(C(=O)CC(C)C)c3ccccc3C2)c1CN(C)C. The van der Waals surface area contributed by atoms with Crippen molar-refractivity contribution in [2.45, 2.75) is 60.5 Å². The first-order valence-corrected chi connectivity index (χ1v) is 13.6. The Morgan fingerprint density at radius 1 is 1.03 bits per heavy atom. The number of aryl methyl sites for hydroxylation is 1. The number of hydrogen-bond donors (Lipinski definition) is 0. The maximum Gasteiger partial charge on any atom is 0.276 e. The fourth-order valence-corrected chi connectivity index (χ4v) is 4.94. The molecule has 2 aromatic rings. The standard InChI is InChI=1S/C29H45N5O3/c1-21(2)17-27(35)34-14-10-13-32(18-22(3)4)15-16-33(19-24-11-8-9-12-26(24)34)29(36)28-25(20-31(6)7)23(5)37-30-28/h8-9,11-12,21-22H,10,13-20H2,1-7H3. The summed E-state index contributed by atoms with van der Waals surface area (Å²) in [5.74, 6) is 1.46. The molecule has 2 heterocycles.